The van der Waals surface area contributed by atoms with Crippen molar-refractivity contribution in [2.45, 2.75) is 84.7 Å². The van der Waals surface area contributed by atoms with E-state index in [0.29, 0.717) is 18.3 Å². The van der Waals surface area contributed by atoms with E-state index in [9.17, 15) is 4.79 Å². The second-order valence-corrected chi connectivity index (χ2v) is 15.3. The molecule has 0 atom stereocenters. The highest BCUT2D eigenvalue weighted by atomic mass is 35.5. The molecule has 0 spiro atoms. The van der Waals surface area contributed by atoms with Crippen LogP contribution in [0.25, 0.3) is 0 Å². The predicted molar refractivity (Wildman–Crippen MR) is 118 cm³/mol. The van der Waals surface area contributed by atoms with Gasteiger partial charge >= 0.3 is 6.09 Å². The third-order valence-electron chi connectivity index (χ3n) is 5.29. The fourth-order valence-electron chi connectivity index (χ4n) is 2.51. The van der Waals surface area contributed by atoms with Crippen LogP contribution in [0.4, 0.5) is 4.79 Å². The van der Waals surface area contributed by atoms with Crippen LogP contribution in [0.1, 0.15) is 61.0 Å². The minimum atomic E-state index is -1.92. The second kappa shape index (κ2) is 8.72. The number of carbonyl (C=O) groups is 1. The van der Waals surface area contributed by atoms with E-state index < -0.39 is 25.6 Å². The number of halogens is 1. The number of ether oxygens (including phenoxy) is 1. The zero-order valence-corrected chi connectivity index (χ0v) is 20.9. The van der Waals surface area contributed by atoms with Crippen molar-refractivity contribution in [3.8, 4) is 0 Å². The van der Waals surface area contributed by atoms with Gasteiger partial charge in [-0.1, -0.05) is 38.4 Å². The lowest BCUT2D eigenvalue weighted by Crippen LogP contribution is -2.50. The standard InChI is InChI=1S/C21H37ClN2O3Si/c1-19(2,3)27-18(25)24(14-15-26-28(9,10)20(4,5)6)21(7,8)16-12-11-13-23-17(16)22/h11-13H,14-15H2,1-10H3. The molecule has 28 heavy (non-hydrogen) atoms. The summed E-state index contributed by atoms with van der Waals surface area (Å²) < 4.78 is 12.0. The average Bonchev–Trinajstić information content (AvgIpc) is 2.48. The van der Waals surface area contributed by atoms with E-state index in [1.807, 2.05) is 46.8 Å². The Morgan fingerprint density at radius 1 is 1.14 bits per heavy atom. The Balaban J connectivity index is 3.13. The lowest BCUT2D eigenvalue weighted by Gasteiger charge is -2.41. The summed E-state index contributed by atoms with van der Waals surface area (Å²) >= 11 is 6.34. The molecule has 160 valence electrons. The van der Waals surface area contributed by atoms with Crippen molar-refractivity contribution < 1.29 is 14.0 Å². The molecule has 0 aliphatic heterocycles. The van der Waals surface area contributed by atoms with E-state index >= 15 is 0 Å². The molecule has 0 saturated carbocycles. The smallest absolute Gasteiger partial charge is 0.411 e. The number of nitrogens with zero attached hydrogens (tertiary/aromatic N) is 2. The molecule has 5 nitrogen and oxygen atoms in total. The SMILES string of the molecule is CC(C)(C)OC(=O)N(CCO[Si](C)(C)C(C)(C)C)C(C)(C)c1cccnc1Cl. The molecule has 0 radical (unpaired) electrons. The molecule has 1 aromatic rings. The second-order valence-electron chi connectivity index (χ2n) is 10.1. The van der Waals surface area contributed by atoms with Gasteiger partial charge in [0.05, 0.1) is 12.1 Å². The van der Waals surface area contributed by atoms with E-state index in [1.54, 1.807) is 11.1 Å². The van der Waals surface area contributed by atoms with Crippen LogP contribution in [0, 0.1) is 0 Å². The maximum atomic E-state index is 13.0. The van der Waals surface area contributed by atoms with Gasteiger partial charge in [-0.25, -0.2) is 9.78 Å². The third kappa shape index (κ3) is 6.46. The fraction of sp³-hybridized carbons (Fsp3) is 0.714. The van der Waals surface area contributed by atoms with Crippen molar-refractivity contribution in [2.75, 3.05) is 13.2 Å². The summed E-state index contributed by atoms with van der Waals surface area (Å²) in [7, 11) is -1.92. The maximum absolute atomic E-state index is 13.0. The highest BCUT2D eigenvalue weighted by Crippen LogP contribution is 2.37. The van der Waals surface area contributed by atoms with Gasteiger partial charge in [0.1, 0.15) is 10.8 Å². The first kappa shape index (κ1) is 24.9. The molecule has 1 rings (SSSR count). The van der Waals surface area contributed by atoms with E-state index in [4.69, 9.17) is 20.8 Å². The minimum absolute atomic E-state index is 0.103. The van der Waals surface area contributed by atoms with Gasteiger partial charge in [-0.3, -0.25) is 4.90 Å². The quantitative estimate of drug-likeness (QED) is 0.398. The monoisotopic (exact) mass is 428 g/mol. The van der Waals surface area contributed by atoms with Gasteiger partial charge < -0.3 is 9.16 Å². The van der Waals surface area contributed by atoms with E-state index in [0.717, 1.165) is 5.56 Å². The van der Waals surface area contributed by atoms with Crippen molar-refractivity contribution in [3.63, 3.8) is 0 Å². The van der Waals surface area contributed by atoms with Crippen molar-refractivity contribution >= 4 is 26.0 Å². The van der Waals surface area contributed by atoms with Crippen LogP contribution in [-0.2, 0) is 14.7 Å². The molecule has 0 bridgehead atoms. The molecule has 0 N–H and O–H groups in total. The van der Waals surface area contributed by atoms with Gasteiger partial charge in [0.2, 0.25) is 0 Å². The summed E-state index contributed by atoms with van der Waals surface area (Å²) in [5.41, 5.74) is -0.524. The number of hydrogen-bond acceptors (Lipinski definition) is 4. The Kier molecular flexibility index (Phi) is 7.76. The van der Waals surface area contributed by atoms with E-state index in [-0.39, 0.29) is 5.04 Å². The first-order valence-electron chi connectivity index (χ1n) is 9.74. The van der Waals surface area contributed by atoms with Crippen LogP contribution in [0.15, 0.2) is 18.3 Å². The highest BCUT2D eigenvalue weighted by molar-refractivity contribution is 6.74. The maximum Gasteiger partial charge on any atom is 0.411 e. The molecular formula is C21H37ClN2O3Si. The van der Waals surface area contributed by atoms with Gasteiger partial charge in [-0.05, 0) is 58.8 Å². The fourth-order valence-corrected chi connectivity index (χ4v) is 3.90. The Morgan fingerprint density at radius 3 is 2.18 bits per heavy atom. The van der Waals surface area contributed by atoms with Crippen LogP contribution in [0.2, 0.25) is 23.3 Å². The first-order chi connectivity index (χ1) is 12.5. The molecule has 0 saturated heterocycles. The Morgan fingerprint density at radius 2 is 1.71 bits per heavy atom. The predicted octanol–water partition coefficient (Wildman–Crippen LogP) is 6.23. The third-order valence-corrected chi connectivity index (χ3v) is 10.1. The lowest BCUT2D eigenvalue weighted by molar-refractivity contribution is -0.00185. The molecule has 0 fully saturated rings. The molecule has 1 amide bonds. The number of aromatic nitrogens is 1. The number of rotatable bonds is 6. The summed E-state index contributed by atoms with van der Waals surface area (Å²) in [6.07, 6.45) is 1.25. The zero-order chi connectivity index (χ0) is 22.0. The minimum Gasteiger partial charge on any atom is -0.444 e. The normalized spacial score (nSPS) is 13.4. The largest absolute Gasteiger partial charge is 0.444 e. The Bertz CT molecular complexity index is 679. The number of carbonyl (C=O) groups excluding carboxylic acids is 1. The van der Waals surface area contributed by atoms with Crippen LogP contribution in [0.3, 0.4) is 0 Å². The van der Waals surface area contributed by atoms with Crippen LogP contribution >= 0.6 is 11.6 Å². The van der Waals surface area contributed by atoms with E-state index in [2.05, 4.69) is 38.8 Å². The molecule has 0 aromatic carbocycles. The Labute approximate surface area is 176 Å². The first-order valence-corrected chi connectivity index (χ1v) is 13.0. The van der Waals surface area contributed by atoms with Crippen molar-refractivity contribution in [1.29, 1.82) is 0 Å². The number of amides is 1. The van der Waals surface area contributed by atoms with Gasteiger partial charge in [0, 0.05) is 18.3 Å². The number of pyridine rings is 1. The molecule has 1 aromatic heterocycles. The van der Waals surface area contributed by atoms with Crippen molar-refractivity contribution in [2.24, 2.45) is 0 Å². The summed E-state index contributed by atoms with van der Waals surface area (Å²) in [6.45, 7) is 21.3. The van der Waals surface area contributed by atoms with Crippen molar-refractivity contribution in [3.05, 3.63) is 29.0 Å². The van der Waals surface area contributed by atoms with E-state index in [1.165, 1.54) is 0 Å². The van der Waals surface area contributed by atoms with Gasteiger partial charge in [0.15, 0.2) is 8.32 Å². The topological polar surface area (TPSA) is 51.7 Å². The summed E-state index contributed by atoms with van der Waals surface area (Å²) in [5, 5.41) is 0.484. The van der Waals surface area contributed by atoms with Crippen LogP contribution < -0.4 is 0 Å². The molecular weight excluding hydrogens is 392 g/mol. The molecule has 0 aliphatic rings. The molecule has 1 heterocycles. The molecule has 0 aliphatic carbocycles. The summed E-state index contributed by atoms with van der Waals surface area (Å²) in [4.78, 5) is 18.9. The van der Waals surface area contributed by atoms with Crippen LogP contribution in [0.5, 0.6) is 0 Å². The molecule has 0 unspecified atom stereocenters. The average molecular weight is 429 g/mol. The summed E-state index contributed by atoms with van der Waals surface area (Å²) in [6, 6.07) is 3.71. The Hall–Kier alpha value is -1.11. The summed E-state index contributed by atoms with van der Waals surface area (Å²) in [5.74, 6) is 0. The van der Waals surface area contributed by atoms with Crippen molar-refractivity contribution in [1.82, 2.24) is 9.88 Å². The lowest BCUT2D eigenvalue weighted by atomic mass is 9.94. The van der Waals surface area contributed by atoms with Gasteiger partial charge in [-0.15, -0.1) is 0 Å². The van der Waals surface area contributed by atoms with Gasteiger partial charge in [0.25, 0.3) is 0 Å². The highest BCUT2D eigenvalue weighted by Gasteiger charge is 2.40. The van der Waals surface area contributed by atoms with Gasteiger partial charge in [-0.2, -0.15) is 0 Å². The molecule has 7 heteroatoms. The zero-order valence-electron chi connectivity index (χ0n) is 19.1. The number of hydrogen-bond donors (Lipinski definition) is 0. The van der Waals surface area contributed by atoms with Crippen LogP contribution in [-0.4, -0.2) is 43.0 Å².